The molecule has 7 heteroatoms. The monoisotopic (exact) mass is 438 g/mol. The van der Waals surface area contributed by atoms with Crippen molar-refractivity contribution in [1.29, 1.82) is 0 Å². The third-order valence-corrected chi connectivity index (χ3v) is 5.51. The van der Waals surface area contributed by atoms with Crippen molar-refractivity contribution in [2.45, 2.75) is 12.5 Å². The zero-order valence-corrected chi connectivity index (χ0v) is 18.0. The summed E-state index contributed by atoms with van der Waals surface area (Å²) in [4.78, 5) is 24.7. The topological polar surface area (TPSA) is 80.5 Å². The number of carbonyl (C=O) groups is 1. The highest BCUT2D eigenvalue weighted by molar-refractivity contribution is 5.96. The quantitative estimate of drug-likeness (QED) is 0.428. The van der Waals surface area contributed by atoms with Crippen molar-refractivity contribution in [2.24, 2.45) is 0 Å². The third kappa shape index (κ3) is 4.26. The molecule has 1 amide bonds. The van der Waals surface area contributed by atoms with E-state index < -0.39 is 6.04 Å². The molecule has 1 aromatic heterocycles. The van der Waals surface area contributed by atoms with Gasteiger partial charge in [0, 0.05) is 23.7 Å². The first-order valence-corrected chi connectivity index (χ1v) is 10.6. The van der Waals surface area contributed by atoms with Crippen LogP contribution in [0.3, 0.4) is 0 Å². The molecule has 7 nitrogen and oxygen atoms in total. The Bertz CT molecular complexity index is 1270. The predicted molar refractivity (Wildman–Crippen MR) is 123 cm³/mol. The number of hydrogen-bond acceptors (Lipinski definition) is 6. The van der Waals surface area contributed by atoms with E-state index in [9.17, 15) is 4.79 Å². The summed E-state index contributed by atoms with van der Waals surface area (Å²) in [6, 6.07) is 26.8. The molecule has 1 unspecified atom stereocenters. The molecule has 0 radical (unpaired) electrons. The standard InChI is InChI=1S/C26H22N4O3/c1-32-28-22-16-23(25-27-24(29-33-25)20-10-6-3-7-11-20)30(17-22)26(31)21-14-12-19(13-15-21)18-8-4-2-5-9-18/h2-15,17,23,28H,16H2,1H3. The van der Waals surface area contributed by atoms with Crippen LogP contribution in [-0.4, -0.2) is 28.1 Å². The minimum absolute atomic E-state index is 0.160. The Hall–Kier alpha value is -4.23. The third-order valence-electron chi connectivity index (χ3n) is 5.51. The highest BCUT2D eigenvalue weighted by Crippen LogP contribution is 2.35. The molecule has 0 saturated heterocycles. The highest BCUT2D eigenvalue weighted by atomic mass is 16.6. The van der Waals surface area contributed by atoms with Crippen molar-refractivity contribution >= 4 is 5.91 Å². The fourth-order valence-electron chi connectivity index (χ4n) is 3.88. The molecule has 3 aromatic carbocycles. The second kappa shape index (κ2) is 9.10. The number of benzene rings is 3. The Kier molecular flexibility index (Phi) is 5.70. The van der Waals surface area contributed by atoms with Gasteiger partial charge in [0.15, 0.2) is 0 Å². The van der Waals surface area contributed by atoms with Gasteiger partial charge in [-0.05, 0) is 23.3 Å². The van der Waals surface area contributed by atoms with Gasteiger partial charge < -0.3 is 9.42 Å². The largest absolute Gasteiger partial charge is 0.337 e. The summed E-state index contributed by atoms with van der Waals surface area (Å²) < 4.78 is 5.57. The Morgan fingerprint density at radius 1 is 0.939 bits per heavy atom. The summed E-state index contributed by atoms with van der Waals surface area (Å²) in [5.41, 5.74) is 7.14. The van der Waals surface area contributed by atoms with Gasteiger partial charge in [0.25, 0.3) is 11.8 Å². The SMILES string of the molecule is CONC1=CN(C(=O)c2ccc(-c3ccccc3)cc2)C(c2nc(-c3ccccc3)no2)C1. The molecule has 2 heterocycles. The number of hydroxylamine groups is 1. The number of hydrogen-bond donors (Lipinski definition) is 1. The van der Waals surface area contributed by atoms with Crippen LogP contribution in [0, 0.1) is 0 Å². The maximum atomic E-state index is 13.4. The maximum absolute atomic E-state index is 13.4. The molecule has 0 aliphatic carbocycles. The molecular formula is C26H22N4O3. The summed E-state index contributed by atoms with van der Waals surface area (Å²) in [5, 5.41) is 4.11. The number of amides is 1. The summed E-state index contributed by atoms with van der Waals surface area (Å²) in [7, 11) is 1.53. The first-order valence-electron chi connectivity index (χ1n) is 10.6. The van der Waals surface area contributed by atoms with Crippen LogP contribution in [0.15, 0.2) is 101 Å². The first-order chi connectivity index (χ1) is 16.2. The molecule has 33 heavy (non-hydrogen) atoms. The fraction of sp³-hybridized carbons (Fsp3) is 0.115. The van der Waals surface area contributed by atoms with E-state index in [-0.39, 0.29) is 5.91 Å². The van der Waals surface area contributed by atoms with E-state index in [1.807, 2.05) is 84.9 Å². The molecule has 1 N–H and O–H groups in total. The molecular weight excluding hydrogens is 416 g/mol. The number of nitrogens with one attached hydrogen (secondary N) is 1. The number of aromatic nitrogens is 2. The number of carbonyl (C=O) groups excluding carboxylic acids is 1. The molecule has 4 aromatic rings. The number of nitrogens with zero attached hydrogens (tertiary/aromatic N) is 3. The molecule has 164 valence electrons. The van der Waals surface area contributed by atoms with Crippen molar-refractivity contribution < 1.29 is 14.2 Å². The van der Waals surface area contributed by atoms with Crippen LogP contribution in [0.25, 0.3) is 22.5 Å². The van der Waals surface area contributed by atoms with E-state index in [0.717, 1.165) is 22.4 Å². The Morgan fingerprint density at radius 3 is 2.24 bits per heavy atom. The van der Waals surface area contributed by atoms with Crippen LogP contribution < -0.4 is 5.48 Å². The van der Waals surface area contributed by atoms with Gasteiger partial charge in [-0.1, -0.05) is 78.0 Å². The van der Waals surface area contributed by atoms with Crippen LogP contribution in [0.2, 0.25) is 0 Å². The Labute approximate surface area is 191 Å². The van der Waals surface area contributed by atoms with Gasteiger partial charge in [0.1, 0.15) is 6.04 Å². The fourth-order valence-corrected chi connectivity index (χ4v) is 3.88. The zero-order valence-electron chi connectivity index (χ0n) is 18.0. The van der Waals surface area contributed by atoms with Crippen LogP contribution >= 0.6 is 0 Å². The van der Waals surface area contributed by atoms with E-state index in [1.54, 1.807) is 11.1 Å². The first kappa shape index (κ1) is 20.7. The van der Waals surface area contributed by atoms with Crippen LogP contribution in [0.4, 0.5) is 0 Å². The zero-order chi connectivity index (χ0) is 22.6. The lowest BCUT2D eigenvalue weighted by Crippen LogP contribution is -2.27. The molecule has 0 bridgehead atoms. The second-order valence-electron chi connectivity index (χ2n) is 7.66. The Morgan fingerprint density at radius 2 is 1.58 bits per heavy atom. The minimum atomic E-state index is -0.436. The molecule has 0 fully saturated rings. The van der Waals surface area contributed by atoms with Crippen LogP contribution in [-0.2, 0) is 4.84 Å². The molecule has 1 aliphatic heterocycles. The van der Waals surface area contributed by atoms with E-state index in [0.29, 0.717) is 23.7 Å². The molecule has 5 rings (SSSR count). The van der Waals surface area contributed by atoms with Crippen molar-refractivity contribution in [3.05, 3.63) is 108 Å². The summed E-state index contributed by atoms with van der Waals surface area (Å²) in [6.45, 7) is 0. The molecule has 0 spiro atoms. The minimum Gasteiger partial charge on any atom is -0.337 e. The Balaban J connectivity index is 1.42. The van der Waals surface area contributed by atoms with Crippen molar-refractivity contribution in [2.75, 3.05) is 7.11 Å². The smallest absolute Gasteiger partial charge is 0.258 e. The van der Waals surface area contributed by atoms with E-state index in [4.69, 9.17) is 9.36 Å². The number of rotatable bonds is 6. The van der Waals surface area contributed by atoms with Gasteiger partial charge in [-0.15, -0.1) is 0 Å². The normalized spacial score (nSPS) is 15.4. The summed E-state index contributed by atoms with van der Waals surface area (Å²) in [6.07, 6.45) is 2.20. The van der Waals surface area contributed by atoms with E-state index in [1.165, 1.54) is 7.11 Å². The van der Waals surface area contributed by atoms with Crippen molar-refractivity contribution in [1.82, 2.24) is 20.5 Å². The lowest BCUT2D eigenvalue weighted by molar-refractivity contribution is 0.0760. The van der Waals surface area contributed by atoms with Gasteiger partial charge in [-0.25, -0.2) is 0 Å². The highest BCUT2D eigenvalue weighted by Gasteiger charge is 2.35. The molecule has 0 saturated carbocycles. The maximum Gasteiger partial charge on any atom is 0.258 e. The van der Waals surface area contributed by atoms with Crippen molar-refractivity contribution in [3.63, 3.8) is 0 Å². The molecule has 1 aliphatic rings. The average Bonchev–Trinajstić information content (AvgIpc) is 3.53. The van der Waals surface area contributed by atoms with E-state index in [2.05, 4.69) is 15.6 Å². The van der Waals surface area contributed by atoms with Crippen LogP contribution in [0.1, 0.15) is 28.7 Å². The van der Waals surface area contributed by atoms with Gasteiger partial charge in [-0.2, -0.15) is 4.98 Å². The van der Waals surface area contributed by atoms with Gasteiger partial charge in [0.2, 0.25) is 5.82 Å². The lowest BCUT2D eigenvalue weighted by atomic mass is 10.0. The lowest BCUT2D eigenvalue weighted by Gasteiger charge is -2.20. The van der Waals surface area contributed by atoms with Gasteiger partial charge in [-0.3, -0.25) is 15.1 Å². The van der Waals surface area contributed by atoms with Gasteiger partial charge in [0.05, 0.1) is 12.8 Å². The van der Waals surface area contributed by atoms with Gasteiger partial charge >= 0.3 is 0 Å². The van der Waals surface area contributed by atoms with E-state index >= 15 is 0 Å². The summed E-state index contributed by atoms with van der Waals surface area (Å²) in [5.74, 6) is 0.692. The average molecular weight is 438 g/mol. The second-order valence-corrected chi connectivity index (χ2v) is 7.66. The molecule has 1 atom stereocenters. The predicted octanol–water partition coefficient (Wildman–Crippen LogP) is 4.98. The van der Waals surface area contributed by atoms with Crippen molar-refractivity contribution in [3.8, 4) is 22.5 Å². The van der Waals surface area contributed by atoms with Crippen LogP contribution in [0.5, 0.6) is 0 Å². The summed E-state index contributed by atoms with van der Waals surface area (Å²) >= 11 is 0.